The van der Waals surface area contributed by atoms with Gasteiger partial charge in [0.05, 0.1) is 0 Å². The van der Waals surface area contributed by atoms with E-state index in [1.165, 1.54) is 116 Å². The number of allylic oxidation sites excluding steroid dienone is 2. The van der Waals surface area contributed by atoms with Crippen molar-refractivity contribution in [1.82, 2.24) is 0 Å². The van der Waals surface area contributed by atoms with Crippen molar-refractivity contribution in [3.05, 3.63) is 25.3 Å². The lowest BCUT2D eigenvalue weighted by atomic mass is 10.0. The molecule has 0 aliphatic heterocycles. The fourth-order valence-corrected chi connectivity index (χ4v) is 3.30. The van der Waals surface area contributed by atoms with E-state index in [0.29, 0.717) is 6.04 Å². The summed E-state index contributed by atoms with van der Waals surface area (Å²) in [7, 11) is 0. The van der Waals surface area contributed by atoms with Crippen molar-refractivity contribution in [2.45, 2.75) is 122 Å². The van der Waals surface area contributed by atoms with E-state index in [4.69, 9.17) is 5.73 Å². The minimum absolute atomic E-state index is 0.449. The fourth-order valence-electron chi connectivity index (χ4n) is 3.30. The smallest absolute Gasteiger partial charge is 0.00388 e. The molecule has 0 saturated heterocycles. The van der Waals surface area contributed by atoms with Gasteiger partial charge in [0.25, 0.3) is 0 Å². The van der Waals surface area contributed by atoms with Crippen LogP contribution in [0.1, 0.15) is 116 Å². The molecule has 142 valence electrons. The standard InChI is InChI=1S/C23H45N/c1-3-5-7-9-11-13-15-17-19-21-23(24)22-20-18-16-14-12-10-8-6-4-2/h3-4,23H,1-2,5-22,24H2. The number of rotatable bonds is 20. The maximum atomic E-state index is 6.25. The highest BCUT2D eigenvalue weighted by molar-refractivity contribution is 4.66. The lowest BCUT2D eigenvalue weighted by Crippen LogP contribution is -2.19. The molecule has 0 unspecified atom stereocenters. The molecule has 0 aliphatic rings. The lowest BCUT2D eigenvalue weighted by molar-refractivity contribution is 0.481. The summed E-state index contributed by atoms with van der Waals surface area (Å²) in [5, 5.41) is 0. The van der Waals surface area contributed by atoms with Crippen molar-refractivity contribution in [1.29, 1.82) is 0 Å². The van der Waals surface area contributed by atoms with Crippen molar-refractivity contribution < 1.29 is 0 Å². The molecule has 2 N–H and O–H groups in total. The summed E-state index contributed by atoms with van der Waals surface area (Å²) in [6, 6.07) is 0.449. The van der Waals surface area contributed by atoms with Crippen LogP contribution in [-0.2, 0) is 0 Å². The molecule has 0 amide bonds. The van der Waals surface area contributed by atoms with Gasteiger partial charge in [-0.25, -0.2) is 0 Å². The molecule has 0 aliphatic carbocycles. The van der Waals surface area contributed by atoms with Crippen LogP contribution >= 0.6 is 0 Å². The largest absolute Gasteiger partial charge is 0.328 e. The Kier molecular flexibility index (Phi) is 20.0. The highest BCUT2D eigenvalue weighted by Crippen LogP contribution is 2.14. The molecule has 0 bridgehead atoms. The van der Waals surface area contributed by atoms with Gasteiger partial charge in [0, 0.05) is 6.04 Å². The van der Waals surface area contributed by atoms with Crippen LogP contribution in [0.5, 0.6) is 0 Å². The molecule has 0 aromatic rings. The zero-order valence-electron chi connectivity index (χ0n) is 16.5. The first-order chi connectivity index (χ1) is 11.8. The first kappa shape index (κ1) is 23.4. The van der Waals surface area contributed by atoms with Crippen molar-refractivity contribution in [3.63, 3.8) is 0 Å². The first-order valence-corrected chi connectivity index (χ1v) is 10.8. The maximum Gasteiger partial charge on any atom is 0.00388 e. The second-order valence-corrected chi connectivity index (χ2v) is 7.44. The molecule has 0 heterocycles. The summed E-state index contributed by atoms with van der Waals surface area (Å²) in [5.74, 6) is 0. The minimum Gasteiger partial charge on any atom is -0.328 e. The molecular weight excluding hydrogens is 290 g/mol. The third-order valence-electron chi connectivity index (χ3n) is 4.97. The highest BCUT2D eigenvalue weighted by Gasteiger charge is 2.02. The number of hydrogen-bond donors (Lipinski definition) is 1. The van der Waals surface area contributed by atoms with Gasteiger partial charge in [-0.15, -0.1) is 13.2 Å². The lowest BCUT2D eigenvalue weighted by Gasteiger charge is -2.11. The molecule has 0 aromatic heterocycles. The normalized spacial score (nSPS) is 11.1. The van der Waals surface area contributed by atoms with Crippen LogP contribution in [-0.4, -0.2) is 6.04 Å². The van der Waals surface area contributed by atoms with Gasteiger partial charge in [0.15, 0.2) is 0 Å². The quantitative estimate of drug-likeness (QED) is 0.179. The third kappa shape index (κ3) is 19.5. The predicted molar refractivity (Wildman–Crippen MR) is 111 cm³/mol. The monoisotopic (exact) mass is 335 g/mol. The maximum absolute atomic E-state index is 6.25. The fraction of sp³-hybridized carbons (Fsp3) is 0.826. The molecule has 0 rings (SSSR count). The Morgan fingerprint density at radius 3 is 1.12 bits per heavy atom. The average Bonchev–Trinajstić information content (AvgIpc) is 2.59. The number of unbranched alkanes of at least 4 members (excludes halogenated alkanes) is 14. The summed E-state index contributed by atoms with van der Waals surface area (Å²) >= 11 is 0. The summed E-state index contributed by atoms with van der Waals surface area (Å²) in [5.41, 5.74) is 6.25. The highest BCUT2D eigenvalue weighted by atomic mass is 14.6. The van der Waals surface area contributed by atoms with Crippen LogP contribution in [0.3, 0.4) is 0 Å². The summed E-state index contributed by atoms with van der Waals surface area (Å²) in [4.78, 5) is 0. The Hall–Kier alpha value is -0.560. The molecule has 0 fully saturated rings. The predicted octanol–water partition coefficient (Wildman–Crippen LogP) is 7.71. The van der Waals surface area contributed by atoms with E-state index < -0.39 is 0 Å². The zero-order valence-corrected chi connectivity index (χ0v) is 16.5. The minimum atomic E-state index is 0.449. The van der Waals surface area contributed by atoms with Crippen LogP contribution in [0, 0.1) is 0 Å². The molecule has 24 heavy (non-hydrogen) atoms. The van der Waals surface area contributed by atoms with Crippen molar-refractivity contribution in [3.8, 4) is 0 Å². The van der Waals surface area contributed by atoms with Gasteiger partial charge in [0.1, 0.15) is 0 Å². The van der Waals surface area contributed by atoms with Crippen LogP contribution in [0.15, 0.2) is 25.3 Å². The SMILES string of the molecule is C=CCCCCCCCCCC(N)CCCCCCCCCC=C. The van der Waals surface area contributed by atoms with Crippen LogP contribution in [0.2, 0.25) is 0 Å². The second kappa shape index (κ2) is 20.5. The molecule has 0 spiro atoms. The Morgan fingerprint density at radius 1 is 0.500 bits per heavy atom. The van der Waals surface area contributed by atoms with E-state index in [2.05, 4.69) is 13.2 Å². The van der Waals surface area contributed by atoms with E-state index in [1.807, 2.05) is 12.2 Å². The Balaban J connectivity index is 3.14. The van der Waals surface area contributed by atoms with E-state index in [1.54, 1.807) is 0 Å². The van der Waals surface area contributed by atoms with E-state index in [9.17, 15) is 0 Å². The van der Waals surface area contributed by atoms with E-state index in [0.717, 1.165) is 0 Å². The van der Waals surface area contributed by atoms with E-state index >= 15 is 0 Å². The molecule has 0 atom stereocenters. The number of nitrogens with two attached hydrogens (primary N) is 1. The molecule has 1 heteroatoms. The Bertz CT molecular complexity index is 233. The first-order valence-electron chi connectivity index (χ1n) is 10.8. The van der Waals surface area contributed by atoms with Gasteiger partial charge < -0.3 is 5.73 Å². The van der Waals surface area contributed by atoms with Crippen molar-refractivity contribution in [2.75, 3.05) is 0 Å². The van der Waals surface area contributed by atoms with Crippen molar-refractivity contribution >= 4 is 0 Å². The third-order valence-corrected chi connectivity index (χ3v) is 4.97. The number of hydrogen-bond acceptors (Lipinski definition) is 1. The second-order valence-electron chi connectivity index (χ2n) is 7.44. The van der Waals surface area contributed by atoms with Crippen LogP contribution < -0.4 is 5.73 Å². The van der Waals surface area contributed by atoms with Gasteiger partial charge in [-0.3, -0.25) is 0 Å². The summed E-state index contributed by atoms with van der Waals surface area (Å²) in [6.45, 7) is 7.54. The summed E-state index contributed by atoms with van der Waals surface area (Å²) < 4.78 is 0. The zero-order chi connectivity index (χ0) is 17.7. The van der Waals surface area contributed by atoms with Gasteiger partial charge in [-0.05, 0) is 38.5 Å². The Morgan fingerprint density at radius 2 is 0.792 bits per heavy atom. The molecule has 0 aromatic carbocycles. The molecule has 0 radical (unpaired) electrons. The van der Waals surface area contributed by atoms with Crippen molar-refractivity contribution in [2.24, 2.45) is 5.73 Å². The van der Waals surface area contributed by atoms with Gasteiger partial charge >= 0.3 is 0 Å². The summed E-state index contributed by atoms with van der Waals surface area (Å²) in [6.07, 6.45) is 28.1. The van der Waals surface area contributed by atoms with Gasteiger partial charge in [-0.2, -0.15) is 0 Å². The van der Waals surface area contributed by atoms with Crippen LogP contribution in [0.4, 0.5) is 0 Å². The molecule has 1 nitrogen and oxygen atoms in total. The topological polar surface area (TPSA) is 26.0 Å². The van der Waals surface area contributed by atoms with Gasteiger partial charge in [-0.1, -0.05) is 89.2 Å². The molecule has 0 saturated carbocycles. The Labute approximate surface area is 153 Å². The molecular formula is C23H45N. The van der Waals surface area contributed by atoms with Crippen LogP contribution in [0.25, 0.3) is 0 Å². The average molecular weight is 336 g/mol. The van der Waals surface area contributed by atoms with E-state index in [-0.39, 0.29) is 0 Å². The van der Waals surface area contributed by atoms with Gasteiger partial charge in [0.2, 0.25) is 0 Å².